The van der Waals surface area contributed by atoms with Crippen LogP contribution in [-0.4, -0.2) is 87.5 Å². The Balaban J connectivity index is 2.34. The van der Waals surface area contributed by atoms with E-state index in [0.29, 0.717) is 6.42 Å². The zero-order chi connectivity index (χ0) is 38.1. The lowest BCUT2D eigenvalue weighted by Gasteiger charge is -2.40. The maximum Gasteiger partial charge on any atom is 0.220 e. The van der Waals surface area contributed by atoms with E-state index in [-0.39, 0.29) is 12.5 Å². The molecule has 0 saturated carbocycles. The van der Waals surface area contributed by atoms with Crippen molar-refractivity contribution in [3.8, 4) is 0 Å². The summed E-state index contributed by atoms with van der Waals surface area (Å²) in [5.41, 5.74) is 0. The van der Waals surface area contributed by atoms with Crippen LogP contribution in [0, 0.1) is 0 Å². The average Bonchev–Trinajstić information content (AvgIpc) is 3.14. The molecule has 0 bridgehead atoms. The molecule has 6 N–H and O–H groups in total. The monoisotopic (exact) mass is 742 g/mol. The van der Waals surface area contributed by atoms with Crippen LogP contribution >= 0.6 is 0 Å². The highest BCUT2D eigenvalue weighted by molar-refractivity contribution is 5.76. The topological polar surface area (TPSA) is 149 Å². The lowest BCUT2D eigenvalue weighted by atomic mass is 9.99. The number of allylic oxidation sites excluding steroid dienone is 1. The molecule has 7 atom stereocenters. The fourth-order valence-electron chi connectivity index (χ4n) is 7.04. The molecule has 9 nitrogen and oxygen atoms in total. The van der Waals surface area contributed by atoms with E-state index in [1.54, 1.807) is 6.08 Å². The number of amides is 1. The van der Waals surface area contributed by atoms with Crippen LogP contribution in [0.5, 0.6) is 0 Å². The third-order valence-corrected chi connectivity index (χ3v) is 10.6. The smallest absolute Gasteiger partial charge is 0.220 e. The number of aliphatic hydroxyl groups is 5. The second-order valence-electron chi connectivity index (χ2n) is 15.5. The number of hydrogen-bond donors (Lipinski definition) is 6. The number of hydrogen-bond acceptors (Lipinski definition) is 8. The van der Waals surface area contributed by atoms with E-state index >= 15 is 0 Å². The first kappa shape index (κ1) is 48.9. The fourth-order valence-corrected chi connectivity index (χ4v) is 7.04. The Hall–Kier alpha value is -1.07. The molecule has 0 aromatic heterocycles. The normalized spacial score (nSPS) is 21.9. The largest absolute Gasteiger partial charge is 0.394 e. The fraction of sp³-hybridized carbons (Fsp3) is 0.930. The van der Waals surface area contributed by atoms with E-state index in [1.807, 2.05) is 6.08 Å². The standard InChI is InChI=1S/C43H83NO8/c1-3-5-7-9-11-13-15-16-17-18-19-20-21-23-25-27-29-31-33-39(47)44-36(35-51-43-42(50)41(49)40(48)38(34-45)52-43)37(46)32-30-28-26-24-22-14-12-10-8-6-4-2/h30,32,36-38,40-43,45-46,48-50H,3-29,31,33-35H2,1-2H3,(H,44,47)/b32-30+/t36-,37+,38+,40-,41?,42?,43+/m0/s1. The van der Waals surface area contributed by atoms with Crippen LogP contribution in [-0.2, 0) is 14.3 Å². The maximum atomic E-state index is 12.9. The predicted molar refractivity (Wildman–Crippen MR) is 212 cm³/mol. The molecule has 0 spiro atoms. The molecule has 1 amide bonds. The predicted octanol–water partition coefficient (Wildman–Crippen LogP) is 8.56. The minimum Gasteiger partial charge on any atom is -0.394 e. The quantitative estimate of drug-likeness (QED) is 0.0277. The van der Waals surface area contributed by atoms with Crippen LogP contribution in [0.4, 0.5) is 0 Å². The van der Waals surface area contributed by atoms with Crippen LogP contribution in [0.25, 0.3) is 0 Å². The van der Waals surface area contributed by atoms with E-state index in [9.17, 15) is 30.3 Å². The van der Waals surface area contributed by atoms with E-state index in [2.05, 4.69) is 19.2 Å². The molecular weight excluding hydrogens is 658 g/mol. The molecule has 1 saturated heterocycles. The van der Waals surface area contributed by atoms with Crippen molar-refractivity contribution >= 4 is 5.91 Å². The van der Waals surface area contributed by atoms with Crippen molar-refractivity contribution in [3.05, 3.63) is 12.2 Å². The second-order valence-corrected chi connectivity index (χ2v) is 15.5. The van der Waals surface area contributed by atoms with Crippen molar-refractivity contribution in [2.45, 2.75) is 243 Å². The third kappa shape index (κ3) is 25.1. The molecule has 1 heterocycles. The van der Waals surface area contributed by atoms with Gasteiger partial charge in [0, 0.05) is 6.42 Å². The molecule has 1 aliphatic heterocycles. The summed E-state index contributed by atoms with van der Waals surface area (Å²) in [5.74, 6) is -0.176. The first-order valence-corrected chi connectivity index (χ1v) is 21.9. The Morgan fingerprint density at radius 1 is 0.635 bits per heavy atom. The minimum atomic E-state index is -1.56. The lowest BCUT2D eigenvalue weighted by Crippen LogP contribution is -2.60. The molecule has 308 valence electrons. The maximum absolute atomic E-state index is 12.9. The van der Waals surface area contributed by atoms with Crippen molar-refractivity contribution in [1.29, 1.82) is 0 Å². The van der Waals surface area contributed by atoms with E-state index in [0.717, 1.165) is 38.5 Å². The Labute approximate surface area is 318 Å². The van der Waals surface area contributed by atoms with Gasteiger partial charge < -0.3 is 40.3 Å². The van der Waals surface area contributed by atoms with Gasteiger partial charge in [-0.3, -0.25) is 4.79 Å². The lowest BCUT2D eigenvalue weighted by molar-refractivity contribution is -0.302. The van der Waals surface area contributed by atoms with Gasteiger partial charge in [-0.15, -0.1) is 0 Å². The molecular formula is C43H83NO8. The summed E-state index contributed by atoms with van der Waals surface area (Å²) in [7, 11) is 0. The van der Waals surface area contributed by atoms with Gasteiger partial charge in [0.1, 0.15) is 24.4 Å². The van der Waals surface area contributed by atoms with Gasteiger partial charge >= 0.3 is 0 Å². The molecule has 52 heavy (non-hydrogen) atoms. The van der Waals surface area contributed by atoms with Gasteiger partial charge in [-0.1, -0.05) is 187 Å². The van der Waals surface area contributed by atoms with E-state index in [1.165, 1.54) is 141 Å². The number of nitrogens with one attached hydrogen (secondary N) is 1. The number of aliphatic hydroxyl groups excluding tert-OH is 5. The molecule has 0 radical (unpaired) electrons. The van der Waals surface area contributed by atoms with Gasteiger partial charge in [-0.2, -0.15) is 0 Å². The summed E-state index contributed by atoms with van der Waals surface area (Å²) in [6.45, 7) is 3.76. The van der Waals surface area contributed by atoms with Crippen molar-refractivity contribution in [3.63, 3.8) is 0 Å². The number of rotatable bonds is 36. The Morgan fingerprint density at radius 2 is 1.06 bits per heavy atom. The number of carbonyl (C=O) groups is 1. The molecule has 1 aliphatic rings. The Kier molecular flexibility index (Phi) is 32.4. The van der Waals surface area contributed by atoms with Gasteiger partial charge in [0.25, 0.3) is 0 Å². The molecule has 1 rings (SSSR count). The van der Waals surface area contributed by atoms with Gasteiger partial charge in [0.2, 0.25) is 5.91 Å². The van der Waals surface area contributed by atoms with Gasteiger partial charge in [-0.25, -0.2) is 0 Å². The molecule has 2 unspecified atom stereocenters. The number of carbonyl (C=O) groups excluding carboxylic acids is 1. The molecule has 1 fully saturated rings. The van der Waals surface area contributed by atoms with Crippen LogP contribution in [0.15, 0.2) is 12.2 Å². The SMILES string of the molecule is CCCCCCCCCCC/C=C/[C@@H](O)[C@H](CO[C@@H]1O[C@H](CO)[C@H](O)C(O)C1O)NC(=O)CCCCCCCCCCCCCCCCCCCC. The molecule has 0 aromatic rings. The summed E-state index contributed by atoms with van der Waals surface area (Å²) in [4.78, 5) is 12.9. The van der Waals surface area contributed by atoms with Crippen molar-refractivity contribution < 1.29 is 39.8 Å². The van der Waals surface area contributed by atoms with Gasteiger partial charge in [0.15, 0.2) is 6.29 Å². The van der Waals surface area contributed by atoms with Crippen molar-refractivity contribution in [2.75, 3.05) is 13.2 Å². The first-order chi connectivity index (χ1) is 25.3. The summed E-state index contributed by atoms with van der Waals surface area (Å²) in [6.07, 6.45) is 31.1. The van der Waals surface area contributed by atoms with Gasteiger partial charge in [0.05, 0.1) is 25.4 Å². The molecule has 9 heteroatoms. The third-order valence-electron chi connectivity index (χ3n) is 10.6. The number of unbranched alkanes of at least 4 members (excludes halogenated alkanes) is 26. The van der Waals surface area contributed by atoms with E-state index in [4.69, 9.17) is 9.47 Å². The van der Waals surface area contributed by atoms with Gasteiger partial charge in [-0.05, 0) is 19.3 Å². The summed E-state index contributed by atoms with van der Waals surface area (Å²) in [6, 6.07) is -0.796. The summed E-state index contributed by atoms with van der Waals surface area (Å²) < 4.78 is 11.2. The highest BCUT2D eigenvalue weighted by Gasteiger charge is 2.44. The summed E-state index contributed by atoms with van der Waals surface area (Å²) >= 11 is 0. The first-order valence-electron chi connectivity index (χ1n) is 21.9. The zero-order valence-corrected chi connectivity index (χ0v) is 33.6. The number of ether oxygens (including phenoxy) is 2. The van der Waals surface area contributed by atoms with Crippen LogP contribution < -0.4 is 5.32 Å². The minimum absolute atomic E-state index is 0.176. The highest BCUT2D eigenvalue weighted by Crippen LogP contribution is 2.22. The van der Waals surface area contributed by atoms with Crippen LogP contribution in [0.3, 0.4) is 0 Å². The second kappa shape index (κ2) is 34.4. The average molecular weight is 742 g/mol. The zero-order valence-electron chi connectivity index (χ0n) is 33.6. The Bertz CT molecular complexity index is 827. The molecule has 0 aromatic carbocycles. The molecule has 0 aliphatic carbocycles. The Morgan fingerprint density at radius 3 is 1.50 bits per heavy atom. The van der Waals surface area contributed by atoms with Crippen LogP contribution in [0.2, 0.25) is 0 Å². The van der Waals surface area contributed by atoms with Crippen LogP contribution in [0.1, 0.15) is 200 Å². The summed E-state index contributed by atoms with van der Waals surface area (Å²) in [5, 5.41) is 54.0. The van der Waals surface area contributed by atoms with Crippen molar-refractivity contribution in [2.24, 2.45) is 0 Å². The van der Waals surface area contributed by atoms with Crippen molar-refractivity contribution in [1.82, 2.24) is 5.32 Å². The highest BCUT2D eigenvalue weighted by atomic mass is 16.7. The van der Waals surface area contributed by atoms with E-state index < -0.39 is 49.5 Å².